The molecule has 7 amide bonds. The van der Waals surface area contributed by atoms with Crippen LogP contribution in [0.5, 0.6) is 0 Å². The number of aromatic amines is 1. The number of nitrogens with two attached hydrogens (primary N) is 2. The Morgan fingerprint density at radius 2 is 1.36 bits per heavy atom. The fourth-order valence-electron chi connectivity index (χ4n) is 7.81. The molecule has 10 atom stereocenters. The second-order valence-corrected chi connectivity index (χ2v) is 20.6. The van der Waals surface area contributed by atoms with Crippen LogP contribution in [-0.2, 0) is 52.8 Å². The van der Waals surface area contributed by atoms with Crippen LogP contribution in [0.2, 0.25) is 0 Å². The van der Waals surface area contributed by atoms with Crippen LogP contribution in [0.3, 0.4) is 0 Å². The van der Waals surface area contributed by atoms with Gasteiger partial charge in [-0.15, -0.1) is 0 Å². The van der Waals surface area contributed by atoms with E-state index in [0.717, 1.165) is 38.1 Å². The zero-order valence-corrected chi connectivity index (χ0v) is 42.2. The van der Waals surface area contributed by atoms with Crippen molar-refractivity contribution in [3.05, 3.63) is 108 Å². The molecule has 4 aromatic rings. The Morgan fingerprint density at radius 3 is 2.00 bits per heavy atom. The van der Waals surface area contributed by atoms with Gasteiger partial charge >= 0.3 is 0 Å². The molecule has 1 aromatic heterocycles. The highest BCUT2D eigenvalue weighted by molar-refractivity contribution is 8.76. The number of hydrogen-bond donors (Lipinski definition) is 13. The molecule has 0 bridgehead atoms. The smallest absolute Gasteiger partial charge is 0.248 e. The molecule has 0 spiro atoms. The van der Waals surface area contributed by atoms with Gasteiger partial charge < -0.3 is 69.0 Å². The van der Waals surface area contributed by atoms with E-state index in [-0.39, 0.29) is 43.7 Å². The van der Waals surface area contributed by atoms with E-state index in [1.165, 1.54) is 20.8 Å². The molecule has 22 heteroatoms. The number of unbranched alkanes of at least 4 members (excludes halogenated alkanes) is 1. The van der Waals surface area contributed by atoms with Crippen molar-refractivity contribution >= 4 is 73.8 Å². The molecule has 3 aromatic carbocycles. The average Bonchev–Trinajstić information content (AvgIpc) is 3.77. The van der Waals surface area contributed by atoms with Crippen LogP contribution in [0.1, 0.15) is 56.7 Å². The van der Waals surface area contributed by atoms with E-state index >= 15 is 0 Å². The van der Waals surface area contributed by atoms with Gasteiger partial charge in [-0.3, -0.25) is 33.6 Å². The predicted octanol–water partition coefficient (Wildman–Crippen LogP) is -0.415. The first-order valence-corrected chi connectivity index (χ1v) is 26.4. The lowest BCUT2D eigenvalue weighted by atomic mass is 9.93. The zero-order chi connectivity index (χ0) is 52.4. The summed E-state index contributed by atoms with van der Waals surface area (Å²) in [7, 11) is 2.06. The normalized spacial score (nSPS) is 23.7. The topological polar surface area (TPSA) is 332 Å². The van der Waals surface area contributed by atoms with E-state index in [2.05, 4.69) is 42.2 Å². The first kappa shape index (κ1) is 56.9. The molecule has 2 heterocycles. The highest BCUT2D eigenvalue weighted by atomic mass is 33.1. The van der Waals surface area contributed by atoms with Gasteiger partial charge in [0, 0.05) is 41.4 Å². The monoisotopic (exact) mass is 1030 g/mol. The van der Waals surface area contributed by atoms with E-state index in [0.29, 0.717) is 24.0 Å². The van der Waals surface area contributed by atoms with Crippen molar-refractivity contribution in [3.63, 3.8) is 0 Å². The maximum Gasteiger partial charge on any atom is 0.248 e. The maximum absolute atomic E-state index is 14.8. The highest BCUT2D eigenvalue weighted by Gasteiger charge is 2.43. The number of benzene rings is 3. The van der Waals surface area contributed by atoms with Crippen LogP contribution in [0.4, 0.5) is 0 Å². The summed E-state index contributed by atoms with van der Waals surface area (Å²) in [5.74, 6) is -6.07. The molecule has 20 nitrogen and oxygen atoms in total. The molecule has 72 heavy (non-hydrogen) atoms. The number of H-pyrrole nitrogens is 1. The van der Waals surface area contributed by atoms with Crippen molar-refractivity contribution in [1.82, 2.24) is 42.2 Å². The molecule has 1 fully saturated rings. The maximum atomic E-state index is 14.8. The van der Waals surface area contributed by atoms with Crippen LogP contribution in [0.25, 0.3) is 10.9 Å². The van der Waals surface area contributed by atoms with Crippen LogP contribution in [-0.4, -0.2) is 146 Å². The van der Waals surface area contributed by atoms with E-state index in [9.17, 15) is 48.9 Å². The van der Waals surface area contributed by atoms with Gasteiger partial charge in [0.15, 0.2) is 0 Å². The molecule has 1 saturated heterocycles. The molecule has 15 N–H and O–H groups in total. The van der Waals surface area contributed by atoms with Gasteiger partial charge in [0.2, 0.25) is 41.4 Å². The lowest BCUT2D eigenvalue weighted by molar-refractivity contribution is -0.141. The Balaban J connectivity index is 1.59. The molecule has 0 aliphatic carbocycles. The summed E-state index contributed by atoms with van der Waals surface area (Å²) < 4.78 is 0. The lowest BCUT2D eigenvalue weighted by Crippen LogP contribution is -2.68. The van der Waals surface area contributed by atoms with E-state index in [1.807, 2.05) is 30.3 Å². The van der Waals surface area contributed by atoms with Gasteiger partial charge in [0.25, 0.3) is 0 Å². The first-order valence-electron chi connectivity index (χ1n) is 23.9. The van der Waals surface area contributed by atoms with Gasteiger partial charge in [0.05, 0.1) is 30.9 Å². The number of carbonyl (C=O) groups is 7. The standard InChI is InChI=1S/C50H68N10O10S2/c1-29(62)40(26-61)57-47(68)42-28-72-71-27-41(58-43(64)35(52)22-31-14-6-4-7-15-31)46(67)55-38(23-32-16-8-5-9-17-32)44(65)56-39(24-33-25-53-36-19-11-10-18-34(33)36)45(66)54-37(20-12-13-21-51)48(69)60-50(3,30(2)63)49(70)59-42/h4-11,14-19,25,29-30,35,37-42,53,61-63H,12-13,20-24,26-28,51-52H2,1-3H3,(H,54,66)(H,55,67)(H,56,65)(H,57,68)(H,58,64)(H,59,70)(H,60,69)/t29-,30?,35-,37+,38+,39-,40-,41+,42+,50+/m1/s1. The Hall–Kier alpha value is -6.01. The number of rotatable bonds is 17. The SMILES string of the molecule is CC(O)[C@]1(C)NC(=O)[C@H](CCCCN)NC(=O)[C@@H](Cc2c[nH]c3ccccc23)NC(=O)[C@H](Cc2ccccc2)NC(=O)[C@@H](NC(=O)[C@H](N)Cc2ccccc2)CSSC[C@@H](C(=O)N[C@H](CO)[C@@H](C)O)NC1=O. The minimum absolute atomic E-state index is 0.0234. The Morgan fingerprint density at radius 1 is 0.764 bits per heavy atom. The molecular formula is C50H68N10O10S2. The summed E-state index contributed by atoms with van der Waals surface area (Å²) >= 11 is 0. The molecule has 1 aliphatic rings. The first-order chi connectivity index (χ1) is 34.4. The third kappa shape index (κ3) is 16.3. The fourth-order valence-corrected chi connectivity index (χ4v) is 10.1. The van der Waals surface area contributed by atoms with Crippen molar-refractivity contribution in [2.75, 3.05) is 24.7 Å². The second-order valence-electron chi connectivity index (χ2n) is 18.1. The zero-order valence-electron chi connectivity index (χ0n) is 40.6. The van der Waals surface area contributed by atoms with E-state index in [4.69, 9.17) is 11.5 Å². The minimum atomic E-state index is -2.12. The number of aliphatic hydroxyl groups excluding tert-OH is 3. The van der Waals surface area contributed by atoms with Crippen molar-refractivity contribution in [2.24, 2.45) is 11.5 Å². The number of para-hydroxylation sites is 1. The number of hydrogen-bond acceptors (Lipinski definition) is 14. The predicted molar refractivity (Wildman–Crippen MR) is 277 cm³/mol. The second kappa shape index (κ2) is 27.7. The van der Waals surface area contributed by atoms with Gasteiger partial charge in [-0.1, -0.05) is 100 Å². The number of aromatic nitrogens is 1. The van der Waals surface area contributed by atoms with Crippen molar-refractivity contribution in [1.29, 1.82) is 0 Å². The molecule has 0 saturated carbocycles. The summed E-state index contributed by atoms with van der Waals surface area (Å²) in [6, 6.07) is 16.2. The average molecular weight is 1030 g/mol. The van der Waals surface area contributed by atoms with Gasteiger partial charge in [-0.2, -0.15) is 0 Å². The Labute approximate surface area is 426 Å². The van der Waals surface area contributed by atoms with Crippen LogP contribution < -0.4 is 48.7 Å². The number of carbonyl (C=O) groups excluding carboxylic acids is 7. The van der Waals surface area contributed by atoms with Crippen LogP contribution in [0, 0.1) is 0 Å². The molecule has 5 rings (SSSR count). The van der Waals surface area contributed by atoms with Crippen molar-refractivity contribution < 1.29 is 48.9 Å². The number of aliphatic hydroxyl groups is 3. The van der Waals surface area contributed by atoms with Crippen LogP contribution >= 0.6 is 21.6 Å². The van der Waals surface area contributed by atoms with E-state index in [1.54, 1.807) is 60.8 Å². The quantitative estimate of drug-likeness (QED) is 0.0473. The number of amides is 7. The summed E-state index contributed by atoms with van der Waals surface area (Å²) in [6.45, 7) is 3.48. The summed E-state index contributed by atoms with van der Waals surface area (Å²) in [5.41, 5.74) is 12.9. The highest BCUT2D eigenvalue weighted by Crippen LogP contribution is 2.25. The third-order valence-corrected chi connectivity index (χ3v) is 14.9. The van der Waals surface area contributed by atoms with Gasteiger partial charge in [-0.05, 0) is 75.8 Å². The number of nitrogens with one attached hydrogen (secondary N) is 8. The molecule has 390 valence electrons. The lowest BCUT2D eigenvalue weighted by Gasteiger charge is -2.35. The molecule has 0 radical (unpaired) electrons. The third-order valence-electron chi connectivity index (χ3n) is 12.5. The Kier molecular flexibility index (Phi) is 21.9. The largest absolute Gasteiger partial charge is 0.394 e. The Bertz CT molecular complexity index is 2450. The summed E-state index contributed by atoms with van der Waals surface area (Å²) in [6.07, 6.45) is -0.250. The van der Waals surface area contributed by atoms with E-state index < -0.39 is 108 Å². The van der Waals surface area contributed by atoms with Crippen molar-refractivity contribution in [2.45, 2.75) is 119 Å². The molecule has 1 aliphatic heterocycles. The fraction of sp³-hybridized carbons (Fsp3) is 0.460. The minimum Gasteiger partial charge on any atom is -0.394 e. The molecular weight excluding hydrogens is 965 g/mol. The molecule has 1 unspecified atom stereocenters. The van der Waals surface area contributed by atoms with Gasteiger partial charge in [0.1, 0.15) is 35.7 Å². The summed E-state index contributed by atoms with van der Waals surface area (Å²) in [5, 5.41) is 51.0. The number of fused-ring (bicyclic) bond motifs is 1. The van der Waals surface area contributed by atoms with Crippen LogP contribution in [0.15, 0.2) is 91.1 Å². The summed E-state index contributed by atoms with van der Waals surface area (Å²) in [4.78, 5) is 104. The van der Waals surface area contributed by atoms with Gasteiger partial charge in [-0.25, -0.2) is 0 Å². The van der Waals surface area contributed by atoms with Crippen molar-refractivity contribution in [3.8, 4) is 0 Å².